The van der Waals surface area contributed by atoms with Crippen LogP contribution in [-0.2, 0) is 0 Å². The Bertz CT molecular complexity index is 683. The normalized spacial score (nSPS) is 19.7. The van der Waals surface area contributed by atoms with Crippen molar-refractivity contribution in [2.24, 2.45) is 5.92 Å². The van der Waals surface area contributed by atoms with Crippen molar-refractivity contribution in [3.63, 3.8) is 0 Å². The van der Waals surface area contributed by atoms with Gasteiger partial charge in [0.15, 0.2) is 0 Å². The van der Waals surface area contributed by atoms with E-state index in [1.165, 1.54) is 17.8 Å². The van der Waals surface area contributed by atoms with Gasteiger partial charge in [0.1, 0.15) is 21.9 Å². The molecule has 6 heteroatoms. The molecule has 2 aromatic rings. The lowest BCUT2D eigenvalue weighted by molar-refractivity contribution is 0.0701. The van der Waals surface area contributed by atoms with E-state index in [1.807, 2.05) is 6.92 Å². The van der Waals surface area contributed by atoms with Gasteiger partial charge in [-0.2, -0.15) is 0 Å². The van der Waals surface area contributed by atoms with Gasteiger partial charge in [-0.25, -0.2) is 14.8 Å². The maximum absolute atomic E-state index is 11.3. The summed E-state index contributed by atoms with van der Waals surface area (Å²) in [5.41, 5.74) is 0.787. The summed E-state index contributed by atoms with van der Waals surface area (Å²) in [5.74, 6) is 0.756. The number of aryl methyl sites for hydroxylation is 1. The van der Waals surface area contributed by atoms with Crippen LogP contribution in [0.1, 0.15) is 41.4 Å². The highest BCUT2D eigenvalue weighted by Crippen LogP contribution is 2.35. The molecule has 0 saturated carbocycles. The second kappa shape index (κ2) is 5.60. The van der Waals surface area contributed by atoms with E-state index in [4.69, 9.17) is 0 Å². The fourth-order valence-electron chi connectivity index (χ4n) is 2.97. The number of carboxylic acid groups (broad SMARTS) is 1. The van der Waals surface area contributed by atoms with Crippen molar-refractivity contribution in [2.75, 3.05) is 18.0 Å². The molecule has 1 unspecified atom stereocenters. The summed E-state index contributed by atoms with van der Waals surface area (Å²) >= 11 is 1.24. The van der Waals surface area contributed by atoms with Gasteiger partial charge in [0, 0.05) is 13.1 Å². The molecule has 0 bridgehead atoms. The van der Waals surface area contributed by atoms with E-state index < -0.39 is 5.97 Å². The summed E-state index contributed by atoms with van der Waals surface area (Å²) in [6.07, 6.45) is 5.10. The van der Waals surface area contributed by atoms with Crippen LogP contribution in [-0.4, -0.2) is 34.1 Å². The van der Waals surface area contributed by atoms with E-state index in [0.29, 0.717) is 4.88 Å². The minimum absolute atomic E-state index is 0.370. The van der Waals surface area contributed by atoms with Crippen LogP contribution in [0.2, 0.25) is 0 Å². The van der Waals surface area contributed by atoms with Gasteiger partial charge in [-0.1, -0.05) is 6.92 Å². The molecule has 0 spiro atoms. The summed E-state index contributed by atoms with van der Waals surface area (Å²) in [6, 6.07) is 0. The first-order valence-electron chi connectivity index (χ1n) is 7.30. The highest BCUT2D eigenvalue weighted by molar-refractivity contribution is 7.20. The third-order valence-corrected chi connectivity index (χ3v) is 5.41. The van der Waals surface area contributed by atoms with Crippen LogP contribution in [0.25, 0.3) is 10.2 Å². The first-order chi connectivity index (χ1) is 10.1. The molecule has 0 radical (unpaired) electrons. The molecule has 1 saturated heterocycles. The molecule has 0 amide bonds. The molecule has 2 aromatic heterocycles. The smallest absolute Gasteiger partial charge is 0.346 e. The predicted molar refractivity (Wildman–Crippen MR) is 84.3 cm³/mol. The SMILES string of the molecule is Cc1c(C(=O)O)sc2ncnc(N3CCCC(C)CC3)c12. The Hall–Kier alpha value is -1.69. The van der Waals surface area contributed by atoms with Gasteiger partial charge in [0.2, 0.25) is 0 Å². The fraction of sp³-hybridized carbons (Fsp3) is 0.533. The number of hydrogen-bond acceptors (Lipinski definition) is 5. The van der Waals surface area contributed by atoms with E-state index in [2.05, 4.69) is 21.8 Å². The van der Waals surface area contributed by atoms with Crippen molar-refractivity contribution in [1.29, 1.82) is 0 Å². The Kier molecular flexibility index (Phi) is 3.80. The molecule has 1 atom stereocenters. The number of nitrogens with zero attached hydrogens (tertiary/aromatic N) is 3. The second-order valence-electron chi connectivity index (χ2n) is 5.76. The van der Waals surface area contributed by atoms with Crippen molar-refractivity contribution in [3.05, 3.63) is 16.8 Å². The molecule has 1 fully saturated rings. The molecule has 21 heavy (non-hydrogen) atoms. The van der Waals surface area contributed by atoms with Gasteiger partial charge in [-0.15, -0.1) is 11.3 Å². The monoisotopic (exact) mass is 305 g/mol. The highest BCUT2D eigenvalue weighted by atomic mass is 32.1. The van der Waals surface area contributed by atoms with Crippen LogP contribution in [0.15, 0.2) is 6.33 Å². The molecule has 0 aliphatic carbocycles. The summed E-state index contributed by atoms with van der Waals surface area (Å²) in [5, 5.41) is 10.2. The number of hydrogen-bond donors (Lipinski definition) is 1. The van der Waals surface area contributed by atoms with Gasteiger partial charge >= 0.3 is 5.97 Å². The van der Waals surface area contributed by atoms with Gasteiger partial charge in [-0.05, 0) is 37.7 Å². The Labute approximate surface area is 127 Å². The largest absolute Gasteiger partial charge is 0.477 e. The van der Waals surface area contributed by atoms with Crippen LogP contribution < -0.4 is 4.90 Å². The van der Waals surface area contributed by atoms with Crippen molar-refractivity contribution in [1.82, 2.24) is 9.97 Å². The van der Waals surface area contributed by atoms with Crippen molar-refractivity contribution in [3.8, 4) is 0 Å². The standard InChI is InChI=1S/C15H19N3O2S/c1-9-4-3-6-18(7-5-9)13-11-10(2)12(15(19)20)21-14(11)17-8-16-13/h8-9H,3-7H2,1-2H3,(H,19,20). The summed E-state index contributed by atoms with van der Waals surface area (Å²) in [4.78, 5) is 23.5. The van der Waals surface area contributed by atoms with Gasteiger partial charge in [0.25, 0.3) is 0 Å². The summed E-state index contributed by atoms with van der Waals surface area (Å²) in [7, 11) is 0. The zero-order valence-corrected chi connectivity index (χ0v) is 13.1. The number of anilines is 1. The van der Waals surface area contributed by atoms with Crippen LogP contribution in [0, 0.1) is 12.8 Å². The average molecular weight is 305 g/mol. The predicted octanol–water partition coefficient (Wildman–Crippen LogP) is 3.32. The fourth-order valence-corrected chi connectivity index (χ4v) is 3.95. The Morgan fingerprint density at radius 3 is 2.95 bits per heavy atom. The molecular formula is C15H19N3O2S. The molecule has 5 nitrogen and oxygen atoms in total. The summed E-state index contributed by atoms with van der Waals surface area (Å²) < 4.78 is 0. The van der Waals surface area contributed by atoms with Crippen LogP contribution in [0.4, 0.5) is 5.82 Å². The van der Waals surface area contributed by atoms with Crippen LogP contribution in [0.5, 0.6) is 0 Å². The van der Waals surface area contributed by atoms with Crippen LogP contribution in [0.3, 0.4) is 0 Å². The number of fused-ring (bicyclic) bond motifs is 1. The zero-order valence-electron chi connectivity index (χ0n) is 12.3. The quantitative estimate of drug-likeness (QED) is 0.922. The van der Waals surface area contributed by atoms with E-state index >= 15 is 0 Å². The van der Waals surface area contributed by atoms with E-state index in [-0.39, 0.29) is 0 Å². The summed E-state index contributed by atoms with van der Waals surface area (Å²) in [6.45, 7) is 6.10. The molecule has 0 aromatic carbocycles. The molecular weight excluding hydrogens is 286 g/mol. The zero-order chi connectivity index (χ0) is 15.0. The van der Waals surface area contributed by atoms with E-state index in [0.717, 1.165) is 53.4 Å². The maximum Gasteiger partial charge on any atom is 0.346 e. The first-order valence-corrected chi connectivity index (χ1v) is 8.12. The average Bonchev–Trinajstić information content (AvgIpc) is 2.65. The lowest BCUT2D eigenvalue weighted by Gasteiger charge is -2.22. The molecule has 112 valence electrons. The lowest BCUT2D eigenvalue weighted by Crippen LogP contribution is -2.25. The second-order valence-corrected chi connectivity index (χ2v) is 6.76. The Morgan fingerprint density at radius 2 is 2.19 bits per heavy atom. The van der Waals surface area contributed by atoms with E-state index in [1.54, 1.807) is 6.33 Å². The number of carbonyl (C=O) groups is 1. The van der Waals surface area contributed by atoms with E-state index in [9.17, 15) is 9.90 Å². The lowest BCUT2D eigenvalue weighted by atomic mass is 10.0. The number of aromatic carboxylic acids is 1. The number of rotatable bonds is 2. The third-order valence-electron chi connectivity index (χ3n) is 4.22. The number of aromatic nitrogens is 2. The maximum atomic E-state index is 11.3. The molecule has 1 aliphatic rings. The third kappa shape index (κ3) is 2.60. The minimum atomic E-state index is -0.883. The van der Waals surface area contributed by atoms with Gasteiger partial charge < -0.3 is 10.0 Å². The number of carboxylic acids is 1. The van der Waals surface area contributed by atoms with Gasteiger partial charge in [0.05, 0.1) is 5.39 Å². The van der Waals surface area contributed by atoms with Crippen LogP contribution >= 0.6 is 11.3 Å². The molecule has 1 aliphatic heterocycles. The van der Waals surface area contributed by atoms with Crippen molar-refractivity contribution >= 4 is 33.3 Å². The van der Waals surface area contributed by atoms with Crippen molar-refractivity contribution in [2.45, 2.75) is 33.1 Å². The molecule has 1 N–H and O–H groups in total. The Morgan fingerprint density at radius 1 is 1.38 bits per heavy atom. The Balaban J connectivity index is 2.08. The first kappa shape index (κ1) is 14.3. The molecule has 3 rings (SSSR count). The minimum Gasteiger partial charge on any atom is -0.477 e. The van der Waals surface area contributed by atoms with Gasteiger partial charge in [-0.3, -0.25) is 0 Å². The van der Waals surface area contributed by atoms with Crippen molar-refractivity contribution < 1.29 is 9.90 Å². The topological polar surface area (TPSA) is 66.3 Å². The molecule has 3 heterocycles. The highest BCUT2D eigenvalue weighted by Gasteiger charge is 2.22. The number of thiophene rings is 1.